The van der Waals surface area contributed by atoms with E-state index in [0.29, 0.717) is 32.1 Å². The standard InChI is InChI=1S/C18H29F3N2O6S/c1-22(30(26,27)14-4-2-3-5-14)13-10-17(28-12-13)6-8-23(9-7-17)16(25)29-15(11-24)18(19,20)21/h13-15,24H,2-12H2,1H3. The fourth-order valence-corrected chi connectivity index (χ4v) is 6.48. The molecule has 2 unspecified atom stereocenters. The molecule has 1 N–H and O–H groups in total. The molecule has 0 bridgehead atoms. The van der Waals surface area contributed by atoms with Crippen molar-refractivity contribution >= 4 is 16.1 Å². The van der Waals surface area contributed by atoms with E-state index in [4.69, 9.17) is 9.84 Å². The van der Waals surface area contributed by atoms with Crippen molar-refractivity contribution in [1.29, 1.82) is 0 Å². The van der Waals surface area contributed by atoms with Gasteiger partial charge in [-0.05, 0) is 32.1 Å². The zero-order chi connectivity index (χ0) is 22.2. The van der Waals surface area contributed by atoms with Crippen LogP contribution in [0.2, 0.25) is 0 Å². The lowest BCUT2D eigenvalue weighted by Crippen LogP contribution is -2.49. The first-order valence-electron chi connectivity index (χ1n) is 10.2. The van der Waals surface area contributed by atoms with Crippen molar-refractivity contribution in [2.24, 2.45) is 0 Å². The summed E-state index contributed by atoms with van der Waals surface area (Å²) in [5.41, 5.74) is -0.596. The molecule has 12 heteroatoms. The predicted molar refractivity (Wildman–Crippen MR) is 100 cm³/mol. The first-order valence-corrected chi connectivity index (χ1v) is 11.7. The van der Waals surface area contributed by atoms with Crippen LogP contribution in [0.15, 0.2) is 0 Å². The molecule has 1 amide bonds. The summed E-state index contributed by atoms with van der Waals surface area (Å²) in [6.45, 7) is -0.797. The molecule has 0 aromatic rings. The summed E-state index contributed by atoms with van der Waals surface area (Å²) in [5.74, 6) is 0. The van der Waals surface area contributed by atoms with E-state index in [1.165, 1.54) is 4.31 Å². The number of piperidine rings is 1. The summed E-state index contributed by atoms with van der Waals surface area (Å²) in [6.07, 6.45) is -4.08. The van der Waals surface area contributed by atoms with Crippen LogP contribution in [0.5, 0.6) is 0 Å². The molecule has 174 valence electrons. The molecule has 2 heterocycles. The van der Waals surface area contributed by atoms with Crippen molar-refractivity contribution in [1.82, 2.24) is 9.21 Å². The van der Waals surface area contributed by atoms with E-state index in [-0.39, 0.29) is 31.0 Å². The molecular formula is C18H29F3N2O6S. The van der Waals surface area contributed by atoms with Gasteiger partial charge in [-0.15, -0.1) is 0 Å². The minimum atomic E-state index is -4.83. The number of amides is 1. The number of aliphatic hydroxyl groups is 1. The lowest BCUT2D eigenvalue weighted by atomic mass is 9.87. The Morgan fingerprint density at radius 1 is 1.30 bits per heavy atom. The Morgan fingerprint density at radius 2 is 1.90 bits per heavy atom. The number of hydrogen-bond acceptors (Lipinski definition) is 6. The van der Waals surface area contributed by atoms with Gasteiger partial charge in [0, 0.05) is 20.1 Å². The molecular weight excluding hydrogens is 429 g/mol. The normalized spacial score (nSPS) is 26.5. The zero-order valence-corrected chi connectivity index (χ0v) is 17.8. The van der Waals surface area contributed by atoms with Crippen LogP contribution in [0, 0.1) is 0 Å². The summed E-state index contributed by atoms with van der Waals surface area (Å²) in [7, 11) is -1.81. The van der Waals surface area contributed by atoms with Crippen LogP contribution < -0.4 is 0 Å². The second-order valence-electron chi connectivity index (χ2n) is 8.40. The lowest BCUT2D eigenvalue weighted by Gasteiger charge is -2.38. The molecule has 1 spiro atoms. The number of likely N-dealkylation sites (N-methyl/N-ethyl adjacent to an activating group) is 1. The summed E-state index contributed by atoms with van der Waals surface area (Å²) >= 11 is 0. The zero-order valence-electron chi connectivity index (χ0n) is 16.9. The summed E-state index contributed by atoms with van der Waals surface area (Å²) in [6, 6.07) is -0.293. The Hall–Kier alpha value is -1.11. The van der Waals surface area contributed by atoms with Crippen LogP contribution >= 0.6 is 0 Å². The van der Waals surface area contributed by atoms with Gasteiger partial charge in [-0.3, -0.25) is 0 Å². The maximum atomic E-state index is 12.8. The fourth-order valence-electron chi connectivity index (χ4n) is 4.53. The van der Waals surface area contributed by atoms with E-state index in [9.17, 15) is 26.4 Å². The number of nitrogens with zero attached hydrogens (tertiary/aromatic N) is 2. The highest BCUT2D eigenvalue weighted by Crippen LogP contribution is 2.39. The number of aliphatic hydroxyl groups excluding tert-OH is 1. The number of hydrogen-bond donors (Lipinski definition) is 1. The van der Waals surface area contributed by atoms with Crippen molar-refractivity contribution in [3.63, 3.8) is 0 Å². The Bertz CT molecular complexity index is 718. The molecule has 2 saturated heterocycles. The number of sulfonamides is 1. The van der Waals surface area contributed by atoms with Crippen LogP contribution in [-0.4, -0.2) is 91.3 Å². The average Bonchev–Trinajstić information content (AvgIpc) is 3.36. The number of halogens is 3. The Balaban J connectivity index is 1.54. The fraction of sp³-hybridized carbons (Fsp3) is 0.944. The maximum Gasteiger partial charge on any atom is 0.427 e. The molecule has 3 aliphatic rings. The highest BCUT2D eigenvalue weighted by Gasteiger charge is 2.48. The van der Waals surface area contributed by atoms with Gasteiger partial charge in [0.05, 0.1) is 30.1 Å². The molecule has 1 saturated carbocycles. The summed E-state index contributed by atoms with van der Waals surface area (Å²) in [5, 5.41) is 8.47. The van der Waals surface area contributed by atoms with Gasteiger partial charge in [-0.1, -0.05) is 12.8 Å². The molecule has 0 aromatic heterocycles. The van der Waals surface area contributed by atoms with Gasteiger partial charge < -0.3 is 19.5 Å². The SMILES string of the molecule is CN(C1COC2(CCN(C(=O)OC(CO)C(F)(F)F)CC2)C1)S(=O)(=O)C1CCCC1. The monoisotopic (exact) mass is 458 g/mol. The molecule has 0 aromatic carbocycles. The van der Waals surface area contributed by atoms with E-state index in [0.717, 1.165) is 17.7 Å². The second kappa shape index (κ2) is 8.79. The van der Waals surface area contributed by atoms with E-state index in [2.05, 4.69) is 4.74 Å². The van der Waals surface area contributed by atoms with E-state index in [1.54, 1.807) is 7.05 Å². The first kappa shape index (κ1) is 23.6. The van der Waals surface area contributed by atoms with Crippen LogP contribution in [0.25, 0.3) is 0 Å². The number of carbonyl (C=O) groups is 1. The third kappa shape index (κ3) is 4.86. The van der Waals surface area contributed by atoms with E-state index in [1.807, 2.05) is 0 Å². The van der Waals surface area contributed by atoms with E-state index >= 15 is 0 Å². The third-order valence-corrected chi connectivity index (χ3v) is 8.95. The smallest absolute Gasteiger partial charge is 0.427 e. The topological polar surface area (TPSA) is 96.4 Å². The second-order valence-corrected chi connectivity index (χ2v) is 10.7. The van der Waals surface area contributed by atoms with Crippen molar-refractivity contribution in [2.75, 3.05) is 33.4 Å². The van der Waals surface area contributed by atoms with Gasteiger partial charge in [-0.25, -0.2) is 13.2 Å². The minimum absolute atomic E-state index is 0.140. The van der Waals surface area contributed by atoms with Crippen LogP contribution in [0.1, 0.15) is 44.9 Å². The largest absolute Gasteiger partial charge is 0.434 e. The number of carbonyl (C=O) groups excluding carboxylic acids is 1. The Morgan fingerprint density at radius 3 is 2.43 bits per heavy atom. The number of likely N-dealkylation sites (tertiary alicyclic amines) is 1. The quantitative estimate of drug-likeness (QED) is 0.676. The van der Waals surface area contributed by atoms with Crippen molar-refractivity contribution in [2.45, 2.75) is 74.1 Å². The highest BCUT2D eigenvalue weighted by atomic mass is 32.2. The molecule has 1 aliphatic carbocycles. The molecule has 2 aliphatic heterocycles. The van der Waals surface area contributed by atoms with Crippen molar-refractivity contribution < 1.29 is 41.0 Å². The van der Waals surface area contributed by atoms with Crippen LogP contribution in [-0.2, 0) is 19.5 Å². The molecule has 3 rings (SSSR count). The summed E-state index contributed by atoms with van der Waals surface area (Å²) < 4.78 is 75.5. The Labute approximate surface area is 174 Å². The first-order chi connectivity index (χ1) is 14.0. The van der Waals surface area contributed by atoms with Gasteiger partial charge in [-0.2, -0.15) is 17.5 Å². The molecule has 30 heavy (non-hydrogen) atoms. The van der Waals surface area contributed by atoms with Gasteiger partial charge in [0.15, 0.2) is 0 Å². The van der Waals surface area contributed by atoms with Crippen molar-refractivity contribution in [3.05, 3.63) is 0 Å². The maximum absolute atomic E-state index is 12.8. The van der Waals surface area contributed by atoms with Crippen molar-refractivity contribution in [3.8, 4) is 0 Å². The highest BCUT2D eigenvalue weighted by molar-refractivity contribution is 7.89. The van der Waals surface area contributed by atoms with Crippen LogP contribution in [0.4, 0.5) is 18.0 Å². The lowest BCUT2D eigenvalue weighted by molar-refractivity contribution is -0.215. The molecule has 2 atom stereocenters. The molecule has 0 radical (unpaired) electrons. The number of rotatable bonds is 5. The predicted octanol–water partition coefficient (Wildman–Crippen LogP) is 1.87. The van der Waals surface area contributed by atoms with Crippen LogP contribution in [0.3, 0.4) is 0 Å². The van der Waals surface area contributed by atoms with Gasteiger partial charge in [0.25, 0.3) is 0 Å². The average molecular weight is 458 g/mol. The van der Waals surface area contributed by atoms with E-state index < -0.39 is 40.6 Å². The minimum Gasteiger partial charge on any atom is -0.434 e. The number of ether oxygens (including phenoxy) is 2. The molecule has 3 fully saturated rings. The number of alkyl halides is 3. The van der Waals surface area contributed by atoms with Gasteiger partial charge >= 0.3 is 12.3 Å². The summed E-state index contributed by atoms with van der Waals surface area (Å²) in [4.78, 5) is 13.2. The Kier molecular flexibility index (Phi) is 6.90. The molecule has 8 nitrogen and oxygen atoms in total. The van der Waals surface area contributed by atoms with Gasteiger partial charge in [0.1, 0.15) is 0 Å². The van der Waals surface area contributed by atoms with Gasteiger partial charge in [0.2, 0.25) is 16.1 Å². The third-order valence-electron chi connectivity index (χ3n) is 6.54.